The van der Waals surface area contributed by atoms with Crippen LogP contribution in [0.15, 0.2) is 18.2 Å². The molecule has 8 heteroatoms. The van der Waals surface area contributed by atoms with E-state index in [1.807, 2.05) is 39.0 Å². The molecule has 30 heavy (non-hydrogen) atoms. The molecule has 0 spiro atoms. The van der Waals surface area contributed by atoms with Gasteiger partial charge < -0.3 is 18.9 Å². The number of rotatable bonds is 3. The van der Waals surface area contributed by atoms with Crippen LogP contribution < -0.4 is 5.46 Å². The Morgan fingerprint density at radius 2 is 1.67 bits per heavy atom. The van der Waals surface area contributed by atoms with Gasteiger partial charge in [-0.2, -0.15) is 0 Å². The SMILES string of the molecule is CC(C)(C)OC(=O)N1CCN(Cc2cc(Cl)ccc2B2OC(C)(C)C(C)(C)O2)CC1. The van der Waals surface area contributed by atoms with Crippen molar-refractivity contribution in [1.82, 2.24) is 9.80 Å². The van der Waals surface area contributed by atoms with E-state index < -0.39 is 23.9 Å². The van der Waals surface area contributed by atoms with Crippen LogP contribution in [0.25, 0.3) is 0 Å². The first-order valence-electron chi connectivity index (χ1n) is 10.6. The first-order chi connectivity index (χ1) is 13.8. The molecule has 166 valence electrons. The van der Waals surface area contributed by atoms with Gasteiger partial charge in [0.1, 0.15) is 5.60 Å². The molecule has 0 bridgehead atoms. The Kier molecular flexibility index (Phi) is 6.50. The average Bonchev–Trinajstić information content (AvgIpc) is 2.81. The zero-order valence-electron chi connectivity index (χ0n) is 19.3. The van der Waals surface area contributed by atoms with Crippen LogP contribution in [-0.2, 0) is 20.6 Å². The van der Waals surface area contributed by atoms with Crippen molar-refractivity contribution in [3.8, 4) is 0 Å². The molecule has 3 rings (SSSR count). The molecule has 2 saturated heterocycles. The molecule has 0 N–H and O–H groups in total. The number of nitrogens with zero attached hydrogens (tertiary/aromatic N) is 2. The first-order valence-corrected chi connectivity index (χ1v) is 11.0. The minimum absolute atomic E-state index is 0.247. The number of carbonyl (C=O) groups is 1. The van der Waals surface area contributed by atoms with Crippen LogP contribution in [-0.4, -0.2) is 66.0 Å². The summed E-state index contributed by atoms with van der Waals surface area (Å²) in [6.07, 6.45) is -0.247. The van der Waals surface area contributed by atoms with Gasteiger partial charge in [0.25, 0.3) is 0 Å². The Balaban J connectivity index is 1.67. The van der Waals surface area contributed by atoms with Gasteiger partial charge in [-0.15, -0.1) is 0 Å². The maximum absolute atomic E-state index is 12.3. The fourth-order valence-corrected chi connectivity index (χ4v) is 3.76. The second-order valence-corrected chi connectivity index (χ2v) is 10.6. The van der Waals surface area contributed by atoms with Gasteiger partial charge in [-0.05, 0) is 71.6 Å². The summed E-state index contributed by atoms with van der Waals surface area (Å²) in [5, 5.41) is 0.692. The van der Waals surface area contributed by atoms with Crippen LogP contribution in [0.2, 0.25) is 5.02 Å². The van der Waals surface area contributed by atoms with E-state index in [-0.39, 0.29) is 6.09 Å². The van der Waals surface area contributed by atoms with Crippen molar-refractivity contribution in [2.75, 3.05) is 26.2 Å². The van der Waals surface area contributed by atoms with Crippen LogP contribution in [0.5, 0.6) is 0 Å². The molecule has 0 unspecified atom stereocenters. The molecule has 0 radical (unpaired) electrons. The summed E-state index contributed by atoms with van der Waals surface area (Å²) in [6, 6.07) is 5.87. The monoisotopic (exact) mass is 436 g/mol. The summed E-state index contributed by atoms with van der Waals surface area (Å²) < 4.78 is 18.0. The second kappa shape index (κ2) is 8.34. The largest absolute Gasteiger partial charge is 0.495 e. The summed E-state index contributed by atoms with van der Waals surface area (Å²) in [6.45, 7) is 17.4. The standard InChI is InChI=1S/C22H34BClN2O4/c1-20(2,3)28-19(27)26-12-10-25(11-13-26)15-16-14-17(24)8-9-18(16)23-29-21(4,5)22(6,7)30-23/h8-9,14H,10-13,15H2,1-7H3. The molecule has 2 aliphatic rings. The van der Waals surface area contributed by atoms with Gasteiger partial charge in [-0.25, -0.2) is 4.79 Å². The Labute approximate surface area is 185 Å². The molecular weight excluding hydrogens is 403 g/mol. The lowest BCUT2D eigenvalue weighted by molar-refractivity contribution is 0.00578. The lowest BCUT2D eigenvalue weighted by Crippen LogP contribution is -2.50. The number of hydrogen-bond donors (Lipinski definition) is 0. The number of piperazine rings is 1. The van der Waals surface area contributed by atoms with E-state index in [0.717, 1.165) is 30.7 Å². The van der Waals surface area contributed by atoms with Crippen LogP contribution in [0, 0.1) is 0 Å². The molecule has 0 saturated carbocycles. The van der Waals surface area contributed by atoms with Crippen molar-refractivity contribution in [1.29, 1.82) is 0 Å². The molecule has 1 aromatic rings. The molecule has 1 amide bonds. The minimum atomic E-state index is -0.479. The molecule has 6 nitrogen and oxygen atoms in total. The Morgan fingerprint density at radius 3 is 2.20 bits per heavy atom. The predicted molar refractivity (Wildman–Crippen MR) is 120 cm³/mol. The Hall–Kier alpha value is -1.28. The zero-order valence-corrected chi connectivity index (χ0v) is 20.0. The van der Waals surface area contributed by atoms with Gasteiger partial charge >= 0.3 is 13.2 Å². The van der Waals surface area contributed by atoms with Gasteiger partial charge in [0, 0.05) is 37.7 Å². The van der Waals surface area contributed by atoms with Crippen molar-refractivity contribution in [3.05, 3.63) is 28.8 Å². The normalized spacial score (nSPS) is 21.7. The maximum atomic E-state index is 12.3. The third kappa shape index (κ3) is 5.31. The number of benzene rings is 1. The number of carbonyl (C=O) groups excluding carboxylic acids is 1. The lowest BCUT2D eigenvalue weighted by Gasteiger charge is -2.36. The van der Waals surface area contributed by atoms with Crippen molar-refractivity contribution in [2.45, 2.75) is 71.8 Å². The number of ether oxygens (including phenoxy) is 1. The van der Waals surface area contributed by atoms with Crippen molar-refractivity contribution in [3.63, 3.8) is 0 Å². The molecule has 2 fully saturated rings. The summed E-state index contributed by atoms with van der Waals surface area (Å²) in [4.78, 5) is 16.4. The van der Waals surface area contributed by atoms with E-state index in [2.05, 4.69) is 32.6 Å². The van der Waals surface area contributed by atoms with Crippen LogP contribution >= 0.6 is 11.6 Å². The Morgan fingerprint density at radius 1 is 1.10 bits per heavy atom. The molecule has 0 aliphatic carbocycles. The predicted octanol–water partition coefficient (Wildman–Crippen LogP) is 3.69. The topological polar surface area (TPSA) is 51.2 Å². The van der Waals surface area contributed by atoms with Crippen molar-refractivity contribution < 1.29 is 18.8 Å². The quantitative estimate of drug-likeness (QED) is 0.676. The highest BCUT2D eigenvalue weighted by molar-refractivity contribution is 6.62. The van der Waals surface area contributed by atoms with E-state index in [1.54, 1.807) is 4.90 Å². The number of hydrogen-bond acceptors (Lipinski definition) is 5. The Bertz CT molecular complexity index is 770. The molecule has 0 aromatic heterocycles. The third-order valence-electron chi connectivity index (χ3n) is 6.03. The molecule has 2 heterocycles. The molecule has 2 aliphatic heterocycles. The molecule has 0 atom stereocenters. The van der Waals surface area contributed by atoms with E-state index in [1.165, 1.54) is 0 Å². The maximum Gasteiger partial charge on any atom is 0.495 e. The highest BCUT2D eigenvalue weighted by atomic mass is 35.5. The van der Waals surface area contributed by atoms with Gasteiger partial charge in [0.2, 0.25) is 0 Å². The molecular formula is C22H34BClN2O4. The average molecular weight is 437 g/mol. The summed E-state index contributed by atoms with van der Waals surface area (Å²) in [5.41, 5.74) is 0.827. The highest BCUT2D eigenvalue weighted by Gasteiger charge is 2.52. The van der Waals surface area contributed by atoms with Gasteiger partial charge in [0.15, 0.2) is 0 Å². The van der Waals surface area contributed by atoms with Gasteiger partial charge in [0.05, 0.1) is 11.2 Å². The fourth-order valence-electron chi connectivity index (χ4n) is 3.57. The van der Waals surface area contributed by atoms with E-state index in [9.17, 15) is 4.79 Å². The highest BCUT2D eigenvalue weighted by Crippen LogP contribution is 2.37. The van der Waals surface area contributed by atoms with Gasteiger partial charge in [-0.3, -0.25) is 4.90 Å². The molecule has 1 aromatic carbocycles. The number of halogens is 1. The summed E-state index contributed by atoms with van der Waals surface area (Å²) in [5.74, 6) is 0. The number of amides is 1. The zero-order chi connectivity index (χ0) is 22.3. The van der Waals surface area contributed by atoms with E-state index in [4.69, 9.17) is 25.6 Å². The smallest absolute Gasteiger partial charge is 0.444 e. The first kappa shape index (κ1) is 23.4. The van der Waals surface area contributed by atoms with Gasteiger partial charge in [-0.1, -0.05) is 17.7 Å². The summed E-state index contributed by atoms with van der Waals surface area (Å²) in [7, 11) is -0.426. The second-order valence-electron chi connectivity index (χ2n) is 10.2. The fraction of sp³-hybridized carbons (Fsp3) is 0.682. The van der Waals surface area contributed by atoms with Crippen LogP contribution in [0.3, 0.4) is 0 Å². The van der Waals surface area contributed by atoms with E-state index in [0.29, 0.717) is 18.1 Å². The van der Waals surface area contributed by atoms with Crippen LogP contribution in [0.1, 0.15) is 54.0 Å². The van der Waals surface area contributed by atoms with Crippen molar-refractivity contribution in [2.24, 2.45) is 0 Å². The lowest BCUT2D eigenvalue weighted by atomic mass is 9.76. The van der Waals surface area contributed by atoms with Crippen LogP contribution in [0.4, 0.5) is 4.79 Å². The van der Waals surface area contributed by atoms with Crippen molar-refractivity contribution >= 4 is 30.3 Å². The minimum Gasteiger partial charge on any atom is -0.444 e. The summed E-state index contributed by atoms with van der Waals surface area (Å²) >= 11 is 6.31. The van der Waals surface area contributed by atoms with E-state index >= 15 is 0 Å². The third-order valence-corrected chi connectivity index (χ3v) is 6.27.